The Bertz CT molecular complexity index is 880. The molecule has 150 valence electrons. The largest absolute Gasteiger partial charge is 0.326 e. The van der Waals surface area contributed by atoms with Crippen LogP contribution in [0.4, 0.5) is 5.69 Å². The van der Waals surface area contributed by atoms with E-state index in [4.69, 9.17) is 0 Å². The molecule has 27 heavy (non-hydrogen) atoms. The highest BCUT2D eigenvalue weighted by Crippen LogP contribution is 2.30. The first-order chi connectivity index (χ1) is 12.8. The third kappa shape index (κ3) is 4.90. The summed E-state index contributed by atoms with van der Waals surface area (Å²) in [6.45, 7) is 0. The van der Waals surface area contributed by atoms with Crippen LogP contribution in [0.3, 0.4) is 0 Å². The summed E-state index contributed by atoms with van der Waals surface area (Å²) in [6, 6.07) is 6.24. The topological polar surface area (TPSA) is 97.4 Å². The zero-order valence-electron chi connectivity index (χ0n) is 15.4. The zero-order chi connectivity index (χ0) is 19.5. The van der Waals surface area contributed by atoms with E-state index in [-0.39, 0.29) is 27.6 Å². The first kappa shape index (κ1) is 20.3. The van der Waals surface area contributed by atoms with Crippen LogP contribution in [0.25, 0.3) is 0 Å². The number of nitrogens with one attached hydrogen (secondary N) is 1. The molecule has 6 nitrogen and oxygen atoms in total. The van der Waals surface area contributed by atoms with E-state index in [1.165, 1.54) is 6.07 Å². The van der Waals surface area contributed by atoms with Crippen LogP contribution < -0.4 is 5.32 Å². The van der Waals surface area contributed by atoms with E-state index in [1.807, 2.05) is 0 Å². The van der Waals surface area contributed by atoms with E-state index in [0.29, 0.717) is 31.4 Å². The van der Waals surface area contributed by atoms with E-state index in [2.05, 4.69) is 5.32 Å². The quantitative estimate of drug-likeness (QED) is 0.741. The van der Waals surface area contributed by atoms with Gasteiger partial charge in [0.25, 0.3) is 0 Å². The molecule has 8 heteroatoms. The number of amides is 1. The van der Waals surface area contributed by atoms with Crippen molar-refractivity contribution in [2.75, 3.05) is 11.1 Å². The van der Waals surface area contributed by atoms with Gasteiger partial charge in [-0.3, -0.25) is 4.79 Å². The lowest BCUT2D eigenvalue weighted by atomic mass is 10.3. The van der Waals surface area contributed by atoms with E-state index in [9.17, 15) is 21.6 Å². The van der Waals surface area contributed by atoms with Gasteiger partial charge in [0.15, 0.2) is 19.7 Å². The van der Waals surface area contributed by atoms with Crippen molar-refractivity contribution in [1.82, 2.24) is 0 Å². The summed E-state index contributed by atoms with van der Waals surface area (Å²) in [5.41, 5.74) is 0.386. The molecule has 1 aromatic rings. The molecule has 2 fully saturated rings. The van der Waals surface area contributed by atoms with Gasteiger partial charge in [0, 0.05) is 12.1 Å². The second kappa shape index (κ2) is 8.31. The van der Waals surface area contributed by atoms with Crippen LogP contribution in [0.15, 0.2) is 29.2 Å². The third-order valence-electron chi connectivity index (χ3n) is 5.61. The predicted octanol–water partition coefficient (Wildman–Crippen LogP) is 3.09. The van der Waals surface area contributed by atoms with Crippen LogP contribution in [0.5, 0.6) is 0 Å². The van der Waals surface area contributed by atoms with Gasteiger partial charge in [-0.1, -0.05) is 31.7 Å². The van der Waals surface area contributed by atoms with Gasteiger partial charge in [-0.25, -0.2) is 16.8 Å². The Kier molecular flexibility index (Phi) is 6.25. The number of rotatable bonds is 7. The second-order valence-electron chi connectivity index (χ2n) is 7.55. The van der Waals surface area contributed by atoms with E-state index in [0.717, 1.165) is 25.7 Å². The standard InChI is InChI=1S/C19H27NO5S2/c21-19(12-13-26(22,23)16-7-1-2-8-16)20-15-6-5-11-18(14-15)27(24,25)17-9-3-4-10-17/h5-6,11,14,16-17H,1-4,7-10,12-13H2,(H,20,21). The van der Waals surface area contributed by atoms with Crippen LogP contribution in [0.1, 0.15) is 57.8 Å². The van der Waals surface area contributed by atoms with Crippen molar-refractivity contribution < 1.29 is 21.6 Å². The lowest BCUT2D eigenvalue weighted by Gasteiger charge is -2.13. The SMILES string of the molecule is O=C(CCS(=O)(=O)C1CCCC1)Nc1cccc(S(=O)(=O)C2CCCC2)c1. The fraction of sp³-hybridized carbons (Fsp3) is 0.632. The molecule has 2 aliphatic carbocycles. The Morgan fingerprint density at radius 2 is 1.52 bits per heavy atom. The van der Waals surface area contributed by atoms with Crippen LogP contribution in [0.2, 0.25) is 0 Å². The van der Waals surface area contributed by atoms with Crippen molar-refractivity contribution in [3.05, 3.63) is 24.3 Å². The molecule has 1 N–H and O–H groups in total. The number of benzene rings is 1. The van der Waals surface area contributed by atoms with E-state index < -0.39 is 25.6 Å². The Balaban J connectivity index is 1.61. The molecule has 0 atom stereocenters. The summed E-state index contributed by atoms with van der Waals surface area (Å²) in [4.78, 5) is 12.4. The number of carbonyl (C=O) groups is 1. The summed E-state index contributed by atoms with van der Waals surface area (Å²) in [5.74, 6) is -0.573. The Morgan fingerprint density at radius 3 is 2.15 bits per heavy atom. The summed E-state index contributed by atoms with van der Waals surface area (Å²) < 4.78 is 49.9. The molecule has 0 aromatic heterocycles. The molecule has 2 saturated carbocycles. The molecular formula is C19H27NO5S2. The van der Waals surface area contributed by atoms with Crippen molar-refractivity contribution in [3.8, 4) is 0 Å². The maximum atomic E-state index is 12.7. The molecule has 1 aromatic carbocycles. The highest BCUT2D eigenvalue weighted by molar-refractivity contribution is 7.92. The van der Waals surface area contributed by atoms with Gasteiger partial charge in [0.2, 0.25) is 5.91 Å². The van der Waals surface area contributed by atoms with Crippen LogP contribution in [-0.2, 0) is 24.5 Å². The van der Waals surface area contributed by atoms with Gasteiger partial charge in [-0.15, -0.1) is 0 Å². The predicted molar refractivity (Wildman–Crippen MR) is 105 cm³/mol. The molecule has 0 spiro atoms. The number of anilines is 1. The normalized spacial score (nSPS) is 19.4. The number of carbonyl (C=O) groups excluding carboxylic acids is 1. The minimum absolute atomic E-state index is 0.113. The summed E-state index contributed by atoms with van der Waals surface area (Å²) in [5, 5.41) is 1.98. The molecule has 0 saturated heterocycles. The summed E-state index contributed by atoms with van der Waals surface area (Å²) in [6.07, 6.45) is 6.33. The highest BCUT2D eigenvalue weighted by Gasteiger charge is 2.31. The van der Waals surface area contributed by atoms with Gasteiger partial charge < -0.3 is 5.32 Å². The average molecular weight is 414 g/mol. The van der Waals surface area contributed by atoms with E-state index in [1.54, 1.807) is 18.2 Å². The molecule has 2 aliphatic rings. The smallest absolute Gasteiger partial charge is 0.225 e. The molecule has 0 radical (unpaired) electrons. The number of hydrogen-bond acceptors (Lipinski definition) is 5. The van der Waals surface area contributed by atoms with Crippen molar-refractivity contribution in [2.24, 2.45) is 0 Å². The first-order valence-corrected chi connectivity index (χ1v) is 12.9. The fourth-order valence-corrected chi connectivity index (χ4v) is 7.77. The first-order valence-electron chi connectivity index (χ1n) is 9.64. The molecule has 1 amide bonds. The highest BCUT2D eigenvalue weighted by atomic mass is 32.2. The summed E-state index contributed by atoms with van der Waals surface area (Å²) >= 11 is 0. The van der Waals surface area contributed by atoms with Crippen molar-refractivity contribution in [1.29, 1.82) is 0 Å². The lowest BCUT2D eigenvalue weighted by molar-refractivity contribution is -0.115. The Labute approximate surface area is 161 Å². The maximum Gasteiger partial charge on any atom is 0.225 e. The van der Waals surface area contributed by atoms with Gasteiger partial charge in [-0.2, -0.15) is 0 Å². The van der Waals surface area contributed by atoms with Crippen molar-refractivity contribution in [3.63, 3.8) is 0 Å². The zero-order valence-corrected chi connectivity index (χ0v) is 17.0. The van der Waals surface area contributed by atoms with E-state index >= 15 is 0 Å². The van der Waals surface area contributed by atoms with Crippen molar-refractivity contribution in [2.45, 2.75) is 73.2 Å². The van der Waals surface area contributed by atoms with Crippen LogP contribution in [-0.4, -0.2) is 39.0 Å². The molecular weight excluding hydrogens is 386 g/mol. The monoisotopic (exact) mass is 413 g/mol. The third-order valence-corrected chi connectivity index (χ3v) is 10.1. The second-order valence-corrected chi connectivity index (χ2v) is 12.2. The number of sulfone groups is 2. The maximum absolute atomic E-state index is 12.7. The van der Waals surface area contributed by atoms with Gasteiger partial charge in [0.1, 0.15) is 0 Å². The molecule has 3 rings (SSSR count). The Hall–Kier alpha value is -1.41. The molecule has 0 aliphatic heterocycles. The van der Waals surface area contributed by atoms with Crippen LogP contribution in [0, 0.1) is 0 Å². The molecule has 0 unspecified atom stereocenters. The minimum atomic E-state index is -3.39. The fourth-order valence-electron chi connectivity index (χ4n) is 4.01. The van der Waals surface area contributed by atoms with Crippen LogP contribution >= 0.6 is 0 Å². The lowest BCUT2D eigenvalue weighted by Crippen LogP contribution is -2.24. The van der Waals surface area contributed by atoms with Crippen molar-refractivity contribution >= 4 is 31.3 Å². The average Bonchev–Trinajstić information content (AvgIpc) is 3.34. The number of hydrogen-bond donors (Lipinski definition) is 1. The molecule has 0 bridgehead atoms. The Morgan fingerprint density at radius 1 is 0.926 bits per heavy atom. The van der Waals surface area contributed by atoms with Gasteiger partial charge >= 0.3 is 0 Å². The molecule has 0 heterocycles. The summed E-state index contributed by atoms with van der Waals surface area (Å²) in [7, 11) is -6.64. The minimum Gasteiger partial charge on any atom is -0.326 e. The van der Waals surface area contributed by atoms with Gasteiger partial charge in [0.05, 0.1) is 21.1 Å². The van der Waals surface area contributed by atoms with Gasteiger partial charge in [-0.05, 0) is 43.9 Å².